The molecule has 1 fully saturated rings. The van der Waals surface area contributed by atoms with Crippen molar-refractivity contribution in [3.8, 4) is 0 Å². The second-order valence-corrected chi connectivity index (χ2v) is 5.05. The van der Waals surface area contributed by atoms with Crippen LogP contribution < -0.4 is 5.73 Å². The molecule has 0 aliphatic heterocycles. The third kappa shape index (κ3) is 1.53. The summed E-state index contributed by atoms with van der Waals surface area (Å²) >= 11 is 0. The Hall–Kier alpha value is -2.36. The minimum atomic E-state index is -0.0750. The molecule has 4 heteroatoms. The van der Waals surface area contributed by atoms with Gasteiger partial charge in [0, 0.05) is 11.9 Å². The van der Waals surface area contributed by atoms with Crippen molar-refractivity contribution in [1.82, 2.24) is 9.97 Å². The van der Waals surface area contributed by atoms with E-state index in [1.165, 1.54) is 5.56 Å². The summed E-state index contributed by atoms with van der Waals surface area (Å²) in [6.45, 7) is 0. The van der Waals surface area contributed by atoms with E-state index in [1.54, 1.807) is 6.20 Å². The quantitative estimate of drug-likeness (QED) is 0.711. The van der Waals surface area contributed by atoms with Crippen LogP contribution in [0.1, 0.15) is 24.3 Å². The molecular formula is C15H13N3O. The summed E-state index contributed by atoms with van der Waals surface area (Å²) in [6, 6.07) is 11.7. The molecule has 0 unspecified atom stereocenters. The molecule has 1 aliphatic carbocycles. The van der Waals surface area contributed by atoms with E-state index in [2.05, 4.69) is 22.1 Å². The number of fused-ring (bicyclic) bond motifs is 1. The van der Waals surface area contributed by atoms with Crippen LogP contribution in [-0.4, -0.2) is 9.97 Å². The maximum absolute atomic E-state index is 5.88. The van der Waals surface area contributed by atoms with E-state index in [0.29, 0.717) is 5.65 Å². The zero-order valence-corrected chi connectivity index (χ0v) is 10.3. The van der Waals surface area contributed by atoms with Gasteiger partial charge in [-0.3, -0.25) is 0 Å². The minimum Gasteiger partial charge on any atom is -0.438 e. The summed E-state index contributed by atoms with van der Waals surface area (Å²) < 4.78 is 5.88. The van der Waals surface area contributed by atoms with Crippen LogP contribution in [0.4, 0.5) is 5.69 Å². The molecule has 0 amide bonds. The number of nitrogens with zero attached hydrogens (tertiary/aromatic N) is 2. The van der Waals surface area contributed by atoms with Gasteiger partial charge < -0.3 is 10.2 Å². The van der Waals surface area contributed by atoms with Gasteiger partial charge >= 0.3 is 0 Å². The molecule has 0 atom stereocenters. The Kier molecular flexibility index (Phi) is 1.98. The van der Waals surface area contributed by atoms with Gasteiger partial charge in [0.2, 0.25) is 5.89 Å². The molecule has 4 rings (SSSR count). The lowest BCUT2D eigenvalue weighted by Crippen LogP contribution is -2.09. The zero-order valence-electron chi connectivity index (χ0n) is 10.3. The summed E-state index contributed by atoms with van der Waals surface area (Å²) in [5.41, 5.74) is 9.09. The van der Waals surface area contributed by atoms with Crippen molar-refractivity contribution in [1.29, 1.82) is 0 Å². The van der Waals surface area contributed by atoms with Crippen LogP contribution in [0.25, 0.3) is 11.2 Å². The van der Waals surface area contributed by atoms with Crippen LogP contribution in [0.15, 0.2) is 47.0 Å². The summed E-state index contributed by atoms with van der Waals surface area (Å²) in [4.78, 5) is 8.76. The second kappa shape index (κ2) is 3.57. The minimum absolute atomic E-state index is 0.0750. The van der Waals surface area contributed by atoms with Crippen LogP contribution in [0.3, 0.4) is 0 Å². The number of hydrogen-bond acceptors (Lipinski definition) is 4. The van der Waals surface area contributed by atoms with E-state index in [-0.39, 0.29) is 5.41 Å². The SMILES string of the molecule is Nc1ccc(C2(c3nc4ncccc4o3)CC2)cc1. The molecular weight excluding hydrogens is 238 g/mol. The number of anilines is 1. The van der Waals surface area contributed by atoms with Crippen molar-refractivity contribution < 1.29 is 4.42 Å². The van der Waals surface area contributed by atoms with Crippen LogP contribution >= 0.6 is 0 Å². The van der Waals surface area contributed by atoms with E-state index in [9.17, 15) is 0 Å². The standard InChI is InChI=1S/C15H13N3O/c16-11-5-3-10(4-6-11)15(7-8-15)14-18-13-12(19-14)2-1-9-17-13/h1-6,9H,7-8,16H2. The molecule has 0 radical (unpaired) electrons. The highest BCUT2D eigenvalue weighted by atomic mass is 16.4. The summed E-state index contributed by atoms with van der Waals surface area (Å²) in [5.74, 6) is 0.769. The van der Waals surface area contributed by atoms with Gasteiger partial charge in [-0.05, 0) is 42.7 Å². The Balaban J connectivity index is 1.84. The van der Waals surface area contributed by atoms with Gasteiger partial charge in [0.05, 0.1) is 5.41 Å². The highest BCUT2D eigenvalue weighted by molar-refractivity contribution is 5.67. The summed E-state index contributed by atoms with van der Waals surface area (Å²) in [6.07, 6.45) is 3.85. The normalized spacial score (nSPS) is 16.6. The van der Waals surface area contributed by atoms with Gasteiger partial charge in [0.1, 0.15) is 0 Å². The van der Waals surface area contributed by atoms with E-state index in [0.717, 1.165) is 30.0 Å². The number of nitrogens with two attached hydrogens (primary N) is 1. The van der Waals surface area contributed by atoms with Gasteiger partial charge in [-0.25, -0.2) is 4.98 Å². The van der Waals surface area contributed by atoms with Gasteiger partial charge in [-0.1, -0.05) is 12.1 Å². The fourth-order valence-electron chi connectivity index (χ4n) is 2.53. The molecule has 2 aromatic heterocycles. The Labute approximate surface area is 110 Å². The maximum atomic E-state index is 5.88. The number of aromatic nitrogens is 2. The van der Waals surface area contributed by atoms with Crippen LogP contribution in [0.2, 0.25) is 0 Å². The molecule has 0 bridgehead atoms. The molecule has 1 saturated carbocycles. The molecule has 0 saturated heterocycles. The van der Waals surface area contributed by atoms with Crippen molar-refractivity contribution in [2.45, 2.75) is 18.3 Å². The van der Waals surface area contributed by atoms with Crippen molar-refractivity contribution in [2.24, 2.45) is 0 Å². The third-order valence-electron chi connectivity index (χ3n) is 3.79. The van der Waals surface area contributed by atoms with Gasteiger partial charge in [0.15, 0.2) is 11.2 Å². The molecule has 4 nitrogen and oxygen atoms in total. The highest BCUT2D eigenvalue weighted by Gasteiger charge is 2.50. The lowest BCUT2D eigenvalue weighted by molar-refractivity contribution is 0.492. The topological polar surface area (TPSA) is 64.9 Å². The van der Waals surface area contributed by atoms with Crippen LogP contribution in [-0.2, 0) is 5.41 Å². The molecule has 94 valence electrons. The number of hydrogen-bond donors (Lipinski definition) is 1. The zero-order chi connectivity index (χ0) is 12.9. The molecule has 19 heavy (non-hydrogen) atoms. The van der Waals surface area contributed by atoms with Crippen molar-refractivity contribution >= 4 is 16.9 Å². The fourth-order valence-corrected chi connectivity index (χ4v) is 2.53. The number of pyridine rings is 1. The molecule has 1 aromatic carbocycles. The van der Waals surface area contributed by atoms with Crippen LogP contribution in [0.5, 0.6) is 0 Å². The fraction of sp³-hybridized carbons (Fsp3) is 0.200. The smallest absolute Gasteiger partial charge is 0.207 e. The van der Waals surface area contributed by atoms with Gasteiger partial charge in [0.25, 0.3) is 0 Å². The number of rotatable bonds is 2. The summed E-state index contributed by atoms with van der Waals surface area (Å²) in [7, 11) is 0. The monoisotopic (exact) mass is 251 g/mol. The first-order valence-electron chi connectivity index (χ1n) is 6.36. The third-order valence-corrected chi connectivity index (χ3v) is 3.79. The molecule has 2 N–H and O–H groups in total. The predicted molar refractivity (Wildman–Crippen MR) is 72.7 cm³/mol. The summed E-state index contributed by atoms with van der Waals surface area (Å²) in [5, 5.41) is 0. The first-order valence-corrected chi connectivity index (χ1v) is 6.36. The number of oxazole rings is 1. The van der Waals surface area contributed by atoms with E-state index in [4.69, 9.17) is 10.2 Å². The van der Waals surface area contributed by atoms with E-state index >= 15 is 0 Å². The molecule has 2 heterocycles. The maximum Gasteiger partial charge on any atom is 0.207 e. The lowest BCUT2D eigenvalue weighted by atomic mass is 9.96. The van der Waals surface area contributed by atoms with Crippen molar-refractivity contribution in [3.63, 3.8) is 0 Å². The Morgan fingerprint density at radius 1 is 1.11 bits per heavy atom. The Morgan fingerprint density at radius 3 is 2.58 bits per heavy atom. The van der Waals surface area contributed by atoms with Crippen molar-refractivity contribution in [2.75, 3.05) is 5.73 Å². The number of benzene rings is 1. The molecule has 1 aliphatic rings. The number of nitrogen functional groups attached to an aromatic ring is 1. The molecule has 0 spiro atoms. The Bertz CT molecular complexity index is 708. The first kappa shape index (κ1) is 10.6. The lowest BCUT2D eigenvalue weighted by Gasteiger charge is -2.11. The molecule has 3 aromatic rings. The second-order valence-electron chi connectivity index (χ2n) is 5.05. The van der Waals surface area contributed by atoms with Gasteiger partial charge in [-0.15, -0.1) is 0 Å². The van der Waals surface area contributed by atoms with E-state index < -0.39 is 0 Å². The van der Waals surface area contributed by atoms with Gasteiger partial charge in [-0.2, -0.15) is 4.98 Å². The average Bonchev–Trinajstić information content (AvgIpc) is 3.13. The van der Waals surface area contributed by atoms with Crippen molar-refractivity contribution in [3.05, 3.63) is 54.0 Å². The van der Waals surface area contributed by atoms with Crippen LogP contribution in [0, 0.1) is 0 Å². The average molecular weight is 251 g/mol. The first-order chi connectivity index (χ1) is 9.28. The largest absolute Gasteiger partial charge is 0.438 e. The highest BCUT2D eigenvalue weighted by Crippen LogP contribution is 2.53. The Morgan fingerprint density at radius 2 is 1.89 bits per heavy atom. The van der Waals surface area contributed by atoms with E-state index in [1.807, 2.05) is 24.3 Å². The predicted octanol–water partition coefficient (Wildman–Crippen LogP) is 2.88.